The fourth-order valence-electron chi connectivity index (χ4n) is 3.80. The molecule has 0 aliphatic heterocycles. The third kappa shape index (κ3) is 2.71. The van der Waals surface area contributed by atoms with Gasteiger partial charge in [0.05, 0.1) is 0 Å². The highest BCUT2D eigenvalue weighted by Crippen LogP contribution is 2.45. The average molecular weight is 275 g/mol. The van der Waals surface area contributed by atoms with Crippen LogP contribution in [0, 0.1) is 0 Å². The molecule has 0 spiro atoms. The van der Waals surface area contributed by atoms with Crippen molar-refractivity contribution in [3.8, 4) is 0 Å². The Bertz CT molecular complexity index is 425. The molecule has 0 amide bonds. The third-order valence-electron chi connectivity index (χ3n) is 4.80. The first-order valence-corrected chi connectivity index (χ1v) is 8.65. The normalized spacial score (nSPS) is 31.4. The summed E-state index contributed by atoms with van der Waals surface area (Å²) in [6.45, 7) is 2.40. The lowest BCUT2D eigenvalue weighted by Gasteiger charge is -2.37. The topological polar surface area (TPSA) is 12.0 Å². The van der Waals surface area contributed by atoms with Crippen LogP contribution in [0.1, 0.15) is 62.1 Å². The summed E-state index contributed by atoms with van der Waals surface area (Å²) in [7, 11) is 2.12. The lowest BCUT2D eigenvalue weighted by atomic mass is 9.81. The number of rotatable bonds is 3. The van der Waals surface area contributed by atoms with Gasteiger partial charge in [0.15, 0.2) is 0 Å². The summed E-state index contributed by atoms with van der Waals surface area (Å²) in [4.78, 5) is 0. The maximum atomic E-state index is 3.58. The van der Waals surface area contributed by atoms with Crippen molar-refractivity contribution >= 4 is 11.8 Å². The second-order valence-corrected chi connectivity index (χ2v) is 7.66. The van der Waals surface area contributed by atoms with Gasteiger partial charge in [0.25, 0.3) is 0 Å². The van der Waals surface area contributed by atoms with Crippen LogP contribution in [0.15, 0.2) is 24.3 Å². The fraction of sp³-hybridized carbons (Fsp3) is 0.647. The van der Waals surface area contributed by atoms with Gasteiger partial charge in [0, 0.05) is 16.5 Å². The fourth-order valence-corrected chi connectivity index (χ4v) is 5.74. The predicted molar refractivity (Wildman–Crippen MR) is 84.9 cm³/mol. The Balaban J connectivity index is 1.82. The van der Waals surface area contributed by atoms with Gasteiger partial charge < -0.3 is 5.32 Å². The average Bonchev–Trinajstić information content (AvgIpc) is 2.92. The van der Waals surface area contributed by atoms with E-state index in [0.717, 1.165) is 10.5 Å². The molecule has 2 heteroatoms. The third-order valence-corrected chi connectivity index (χ3v) is 6.47. The van der Waals surface area contributed by atoms with Gasteiger partial charge in [0.1, 0.15) is 0 Å². The van der Waals surface area contributed by atoms with Crippen molar-refractivity contribution in [2.24, 2.45) is 0 Å². The van der Waals surface area contributed by atoms with E-state index >= 15 is 0 Å². The van der Waals surface area contributed by atoms with Crippen molar-refractivity contribution in [3.63, 3.8) is 0 Å². The second-order valence-electron chi connectivity index (χ2n) is 6.11. The summed E-state index contributed by atoms with van der Waals surface area (Å²) in [5, 5.41) is 5.25. The minimum Gasteiger partial charge on any atom is -0.312 e. The number of thioether (sulfide) groups is 1. The minimum atomic E-state index is 0.540. The molecule has 0 heterocycles. The Hall–Kier alpha value is -0.470. The van der Waals surface area contributed by atoms with Crippen LogP contribution >= 0.6 is 11.8 Å². The van der Waals surface area contributed by atoms with Gasteiger partial charge in [-0.3, -0.25) is 0 Å². The molecule has 1 aromatic rings. The first-order chi connectivity index (χ1) is 9.29. The molecular formula is C17H25NS. The van der Waals surface area contributed by atoms with Crippen LogP contribution in [-0.2, 0) is 0 Å². The second kappa shape index (κ2) is 5.88. The van der Waals surface area contributed by atoms with E-state index in [1.165, 1.54) is 32.1 Å². The number of fused-ring (bicyclic) bond motifs is 1. The van der Waals surface area contributed by atoms with Crippen molar-refractivity contribution in [1.29, 1.82) is 0 Å². The molecule has 1 N–H and O–H groups in total. The highest BCUT2D eigenvalue weighted by molar-refractivity contribution is 8.00. The maximum absolute atomic E-state index is 3.58. The molecular weight excluding hydrogens is 250 g/mol. The standard InChI is InChI=1S/C17H25NS/c1-12-11-16(19-13-7-3-4-8-13)17(18-2)15-10-6-5-9-14(12)15/h5-6,9-10,12-13,16-18H,3-4,7-8,11H2,1-2H3. The van der Waals surface area contributed by atoms with E-state index in [-0.39, 0.29) is 0 Å². The Kier molecular flexibility index (Phi) is 4.18. The van der Waals surface area contributed by atoms with Crippen LogP contribution < -0.4 is 5.32 Å². The van der Waals surface area contributed by atoms with Gasteiger partial charge in [-0.15, -0.1) is 0 Å². The molecule has 0 bridgehead atoms. The van der Waals surface area contributed by atoms with Gasteiger partial charge in [0.2, 0.25) is 0 Å². The molecule has 104 valence electrons. The number of hydrogen-bond donors (Lipinski definition) is 1. The van der Waals surface area contributed by atoms with Gasteiger partial charge in [-0.2, -0.15) is 11.8 Å². The molecule has 3 atom stereocenters. The van der Waals surface area contributed by atoms with E-state index in [1.807, 2.05) is 0 Å². The van der Waals surface area contributed by atoms with E-state index < -0.39 is 0 Å². The molecule has 1 nitrogen and oxygen atoms in total. The van der Waals surface area contributed by atoms with E-state index in [1.54, 1.807) is 11.1 Å². The molecule has 0 aromatic heterocycles. The number of nitrogens with one attached hydrogen (secondary N) is 1. The van der Waals surface area contributed by atoms with E-state index in [2.05, 4.69) is 55.3 Å². The predicted octanol–water partition coefficient (Wildman–Crippen LogP) is 4.50. The first-order valence-electron chi connectivity index (χ1n) is 7.71. The van der Waals surface area contributed by atoms with Crippen LogP contribution in [0.4, 0.5) is 0 Å². The van der Waals surface area contributed by atoms with Gasteiger partial charge in [-0.05, 0) is 43.4 Å². The summed E-state index contributed by atoms with van der Waals surface area (Å²) in [6.07, 6.45) is 7.09. The van der Waals surface area contributed by atoms with Crippen LogP contribution in [0.2, 0.25) is 0 Å². The van der Waals surface area contributed by atoms with E-state index in [9.17, 15) is 0 Å². The summed E-state index contributed by atoms with van der Waals surface area (Å²) < 4.78 is 0. The maximum Gasteiger partial charge on any atom is 0.0441 e. The van der Waals surface area contributed by atoms with Crippen molar-refractivity contribution in [1.82, 2.24) is 5.32 Å². The van der Waals surface area contributed by atoms with Gasteiger partial charge in [-0.1, -0.05) is 44.0 Å². The van der Waals surface area contributed by atoms with Gasteiger partial charge >= 0.3 is 0 Å². The summed E-state index contributed by atoms with van der Waals surface area (Å²) >= 11 is 2.27. The minimum absolute atomic E-state index is 0.540. The molecule has 19 heavy (non-hydrogen) atoms. The van der Waals surface area contributed by atoms with Crippen LogP contribution in [0.3, 0.4) is 0 Å². The summed E-state index contributed by atoms with van der Waals surface area (Å²) in [5.74, 6) is 0.708. The molecule has 0 saturated heterocycles. The van der Waals surface area contributed by atoms with E-state index in [4.69, 9.17) is 0 Å². The van der Waals surface area contributed by atoms with Crippen molar-refractivity contribution in [2.75, 3.05) is 7.05 Å². The Morgan fingerprint density at radius 3 is 2.47 bits per heavy atom. The molecule has 1 aromatic carbocycles. The van der Waals surface area contributed by atoms with Crippen LogP contribution in [-0.4, -0.2) is 17.5 Å². The summed E-state index contributed by atoms with van der Waals surface area (Å²) in [5.41, 5.74) is 3.10. The van der Waals surface area contributed by atoms with E-state index in [0.29, 0.717) is 12.0 Å². The molecule has 2 aliphatic carbocycles. The van der Waals surface area contributed by atoms with Crippen molar-refractivity contribution < 1.29 is 0 Å². The zero-order chi connectivity index (χ0) is 13.2. The quantitative estimate of drug-likeness (QED) is 0.871. The lowest BCUT2D eigenvalue weighted by Crippen LogP contribution is -2.34. The van der Waals surface area contributed by atoms with Crippen molar-refractivity contribution in [3.05, 3.63) is 35.4 Å². The van der Waals surface area contributed by atoms with Crippen LogP contribution in [0.25, 0.3) is 0 Å². The smallest absolute Gasteiger partial charge is 0.0441 e. The molecule has 0 radical (unpaired) electrons. The molecule has 3 rings (SSSR count). The SMILES string of the molecule is CNC1c2ccccc2C(C)CC1SC1CCCC1. The van der Waals surface area contributed by atoms with Gasteiger partial charge in [-0.25, -0.2) is 0 Å². The largest absolute Gasteiger partial charge is 0.312 e. The molecule has 1 fully saturated rings. The zero-order valence-corrected chi connectivity index (χ0v) is 12.9. The highest BCUT2D eigenvalue weighted by atomic mass is 32.2. The molecule has 3 unspecified atom stereocenters. The first kappa shape index (κ1) is 13.5. The van der Waals surface area contributed by atoms with Crippen molar-refractivity contribution in [2.45, 2.75) is 61.5 Å². The number of hydrogen-bond acceptors (Lipinski definition) is 2. The Labute approximate surface area is 121 Å². The monoisotopic (exact) mass is 275 g/mol. The zero-order valence-electron chi connectivity index (χ0n) is 12.1. The van der Waals surface area contributed by atoms with Crippen LogP contribution in [0.5, 0.6) is 0 Å². The Morgan fingerprint density at radius 2 is 1.79 bits per heavy atom. The highest BCUT2D eigenvalue weighted by Gasteiger charge is 2.34. The molecule has 1 saturated carbocycles. The summed E-state index contributed by atoms with van der Waals surface area (Å²) in [6, 6.07) is 9.57. The molecule has 2 aliphatic rings. The Morgan fingerprint density at radius 1 is 1.11 bits per heavy atom. The lowest BCUT2D eigenvalue weighted by molar-refractivity contribution is 0.471. The number of benzene rings is 1.